The van der Waals surface area contributed by atoms with Gasteiger partial charge in [-0.2, -0.15) is 0 Å². The van der Waals surface area contributed by atoms with Gasteiger partial charge in [-0.15, -0.1) is 11.8 Å². The monoisotopic (exact) mass is 604 g/mol. The van der Waals surface area contributed by atoms with Gasteiger partial charge in [0.25, 0.3) is 4.21 Å². The molecule has 0 spiro atoms. The van der Waals surface area contributed by atoms with Crippen molar-refractivity contribution >= 4 is 81.4 Å². The molecule has 1 rings (SSSR count). The SMILES string of the molecule is CCSc1cc(SCC)[s+]s1.I[I-]I. The Kier molecular flexibility index (Phi) is 15.0. The van der Waals surface area contributed by atoms with Crippen LogP contribution in [0.15, 0.2) is 14.5 Å². The molecule has 0 amide bonds. The molecule has 84 valence electrons. The summed E-state index contributed by atoms with van der Waals surface area (Å²) in [6, 6.07) is 2.30. The molecule has 0 saturated heterocycles. The third kappa shape index (κ3) is 9.02. The first kappa shape index (κ1) is 16.9. The summed E-state index contributed by atoms with van der Waals surface area (Å²) in [7, 11) is 3.80. The molecule has 0 saturated carbocycles. The summed E-state index contributed by atoms with van der Waals surface area (Å²) in [4.78, 5) is 0. The van der Waals surface area contributed by atoms with Crippen molar-refractivity contribution in [3.05, 3.63) is 6.07 Å². The molecule has 0 atom stereocenters. The first-order chi connectivity index (χ1) is 6.78. The Bertz CT molecular complexity index is 208. The van der Waals surface area contributed by atoms with Crippen LogP contribution < -0.4 is 13.3 Å². The van der Waals surface area contributed by atoms with Crippen molar-refractivity contribution in [2.24, 2.45) is 0 Å². The van der Waals surface area contributed by atoms with E-state index >= 15 is 0 Å². The van der Waals surface area contributed by atoms with Crippen molar-refractivity contribution in [1.82, 2.24) is 0 Å². The van der Waals surface area contributed by atoms with Crippen molar-refractivity contribution in [1.29, 1.82) is 0 Å². The first-order valence-corrected chi connectivity index (χ1v) is 20.5. The predicted molar refractivity (Wildman–Crippen MR) is 87.4 cm³/mol. The van der Waals surface area contributed by atoms with Crippen LogP contribution in [-0.4, -0.2) is 11.5 Å². The molecule has 14 heavy (non-hydrogen) atoms. The van der Waals surface area contributed by atoms with Crippen LogP contribution in [0.1, 0.15) is 13.8 Å². The van der Waals surface area contributed by atoms with Gasteiger partial charge in [-0.25, -0.2) is 0 Å². The topological polar surface area (TPSA) is 0 Å². The molecule has 0 bridgehead atoms. The molecule has 1 heterocycles. The number of rotatable bonds is 4. The summed E-state index contributed by atoms with van der Waals surface area (Å²) in [5.41, 5.74) is 0. The van der Waals surface area contributed by atoms with Crippen molar-refractivity contribution in [2.45, 2.75) is 22.3 Å². The number of thioether (sulfide) groups is 2. The average molecular weight is 604 g/mol. The zero-order chi connectivity index (χ0) is 10.8. The molecule has 0 unspecified atom stereocenters. The van der Waals surface area contributed by atoms with E-state index in [1.165, 1.54) is 19.9 Å². The zero-order valence-electron chi connectivity index (χ0n) is 7.76. The van der Waals surface area contributed by atoms with Crippen molar-refractivity contribution < 1.29 is 13.3 Å². The van der Waals surface area contributed by atoms with Crippen LogP contribution in [0.25, 0.3) is 0 Å². The molecule has 0 aliphatic rings. The Balaban J connectivity index is 0.000000500. The van der Waals surface area contributed by atoms with Gasteiger partial charge in [0, 0.05) is 6.07 Å². The first-order valence-electron chi connectivity index (χ1n) is 3.84. The fourth-order valence-electron chi connectivity index (χ4n) is 0.642. The van der Waals surface area contributed by atoms with E-state index in [2.05, 4.69) is 57.1 Å². The summed E-state index contributed by atoms with van der Waals surface area (Å²) in [5, 5.41) is 0. The molecule has 0 aliphatic heterocycles. The summed E-state index contributed by atoms with van der Waals surface area (Å²) >= 11 is 9.18. The molecule has 0 N–H and O–H groups in total. The van der Waals surface area contributed by atoms with E-state index in [1.54, 1.807) is 0 Å². The van der Waals surface area contributed by atoms with E-state index < -0.39 is 0 Å². The van der Waals surface area contributed by atoms with Crippen LogP contribution in [-0.2, 0) is 0 Å². The molecule has 7 heteroatoms. The van der Waals surface area contributed by atoms with E-state index in [1.807, 2.05) is 44.2 Å². The molecular formula is C7H11I3S4. The van der Waals surface area contributed by atoms with Crippen LogP contribution in [0, 0.1) is 0 Å². The van der Waals surface area contributed by atoms with Gasteiger partial charge in [-0.3, -0.25) is 0 Å². The predicted octanol–water partition coefficient (Wildman–Crippen LogP) is 3.09. The van der Waals surface area contributed by atoms with E-state index in [-0.39, 0.29) is 0 Å². The van der Waals surface area contributed by atoms with Gasteiger partial charge in [0.1, 0.15) is 4.21 Å². The Morgan fingerprint density at radius 3 is 2.43 bits per heavy atom. The van der Waals surface area contributed by atoms with E-state index in [4.69, 9.17) is 0 Å². The van der Waals surface area contributed by atoms with Crippen LogP contribution in [0.5, 0.6) is 0 Å². The molecule has 0 radical (unpaired) electrons. The molecular weight excluding hydrogens is 593 g/mol. The maximum absolute atomic E-state index is 2.39. The standard InChI is InChI=1S/C7H11S4.I3/c1-3-8-6-5-7(9-4-2)11-10-6;1-3-2/h5H,3-4H2,1-2H3;/q+1;-1. The van der Waals surface area contributed by atoms with Gasteiger partial charge >= 0.3 is 60.8 Å². The summed E-state index contributed by atoms with van der Waals surface area (Å²) in [5.74, 6) is 2.37. The van der Waals surface area contributed by atoms with Crippen LogP contribution >= 0.6 is 81.4 Å². The summed E-state index contributed by atoms with van der Waals surface area (Å²) in [6.07, 6.45) is 0. The Labute approximate surface area is 132 Å². The van der Waals surface area contributed by atoms with Crippen LogP contribution in [0.2, 0.25) is 0 Å². The van der Waals surface area contributed by atoms with E-state index in [0.717, 1.165) is 0 Å². The van der Waals surface area contributed by atoms with Gasteiger partial charge in [0.05, 0.1) is 0 Å². The summed E-state index contributed by atoms with van der Waals surface area (Å²) < 4.78 is 2.93. The van der Waals surface area contributed by atoms with Gasteiger partial charge in [0.15, 0.2) is 10.3 Å². The molecule has 1 aromatic rings. The fourth-order valence-corrected chi connectivity index (χ4v) is 5.76. The van der Waals surface area contributed by atoms with E-state index in [0.29, 0.717) is 13.3 Å². The van der Waals surface area contributed by atoms with Crippen molar-refractivity contribution in [3.8, 4) is 0 Å². The van der Waals surface area contributed by atoms with E-state index in [9.17, 15) is 0 Å². The van der Waals surface area contributed by atoms with Crippen molar-refractivity contribution in [3.63, 3.8) is 0 Å². The number of hydrogen-bond donors (Lipinski definition) is 0. The minimum absolute atomic E-state index is 0.530. The third-order valence-corrected chi connectivity index (χ3v) is 6.21. The minimum atomic E-state index is 0.530. The second-order valence-electron chi connectivity index (χ2n) is 1.87. The van der Waals surface area contributed by atoms with Crippen molar-refractivity contribution in [2.75, 3.05) is 11.5 Å². The molecule has 0 aliphatic carbocycles. The normalized spacial score (nSPS) is 9.71. The zero-order valence-corrected chi connectivity index (χ0v) is 17.5. The summed E-state index contributed by atoms with van der Waals surface area (Å²) in [6.45, 7) is 4.39. The Hall–Kier alpha value is 2.94. The Morgan fingerprint density at radius 1 is 1.36 bits per heavy atom. The maximum atomic E-state index is 2.39. The second-order valence-corrected chi connectivity index (χ2v) is 23.5. The Morgan fingerprint density at radius 2 is 1.93 bits per heavy atom. The fraction of sp³-hybridized carbons (Fsp3) is 0.571. The van der Waals surface area contributed by atoms with Gasteiger partial charge in [-0.1, -0.05) is 25.6 Å². The molecule has 0 nitrogen and oxygen atoms in total. The van der Waals surface area contributed by atoms with Gasteiger partial charge in [-0.05, 0) is 11.5 Å². The molecule has 1 aromatic heterocycles. The average Bonchev–Trinajstić information content (AvgIpc) is 2.55. The van der Waals surface area contributed by atoms with Crippen LogP contribution in [0.4, 0.5) is 0 Å². The number of hydrogen-bond acceptors (Lipinski definition) is 3. The van der Waals surface area contributed by atoms with Crippen LogP contribution in [0.3, 0.4) is 0 Å². The number of halogens is 3. The third-order valence-electron chi connectivity index (χ3n) is 1.01. The molecule has 0 aromatic carbocycles. The quantitative estimate of drug-likeness (QED) is 0.225. The second kappa shape index (κ2) is 12.4. The van der Waals surface area contributed by atoms with Gasteiger partial charge in [0.2, 0.25) is 0 Å². The van der Waals surface area contributed by atoms with Gasteiger partial charge < -0.3 is 0 Å². The molecule has 0 fully saturated rings.